The van der Waals surface area contributed by atoms with E-state index in [1.54, 1.807) is 0 Å². The predicted molar refractivity (Wildman–Crippen MR) is 227 cm³/mol. The number of methoxy groups -OCH3 is 1. The second-order valence-corrected chi connectivity index (χ2v) is 17.9. The highest BCUT2D eigenvalue weighted by molar-refractivity contribution is 6.06. The van der Waals surface area contributed by atoms with Crippen molar-refractivity contribution in [2.75, 3.05) is 20.2 Å². The number of aromatic amines is 2. The van der Waals surface area contributed by atoms with E-state index in [0.29, 0.717) is 18.0 Å². The Morgan fingerprint density at radius 1 is 0.776 bits per heavy atom. The van der Waals surface area contributed by atoms with E-state index in [2.05, 4.69) is 106 Å². The van der Waals surface area contributed by atoms with Gasteiger partial charge in [-0.15, -0.1) is 0 Å². The van der Waals surface area contributed by atoms with E-state index in [0.717, 1.165) is 65.5 Å². The molecule has 10 nitrogen and oxygen atoms in total. The molecular weight excluding hydrogens is 723 g/mol. The number of rotatable bonds is 9. The molecule has 2 spiro atoms. The zero-order valence-corrected chi connectivity index (χ0v) is 33.7. The van der Waals surface area contributed by atoms with Crippen LogP contribution in [-0.4, -0.2) is 63.1 Å². The Bertz CT molecular complexity index is 2530. The number of carbonyl (C=O) groups is 2. The summed E-state index contributed by atoms with van der Waals surface area (Å²) in [6.07, 6.45) is 10.2. The smallest absolute Gasteiger partial charge is 0.407 e. The number of hydrogen-bond donors (Lipinski definition) is 4. The van der Waals surface area contributed by atoms with Crippen LogP contribution in [-0.2, 0) is 9.53 Å². The molecule has 4 N–H and O–H groups in total. The lowest BCUT2D eigenvalue weighted by atomic mass is 9.89. The summed E-state index contributed by atoms with van der Waals surface area (Å²) in [6.45, 7) is 7.86. The average molecular weight is 774 g/mol. The third kappa shape index (κ3) is 6.57. The number of imidazole rings is 2. The monoisotopic (exact) mass is 773 g/mol. The molecule has 0 radical (unpaired) electrons. The van der Waals surface area contributed by atoms with Crippen molar-refractivity contribution in [3.63, 3.8) is 0 Å². The molecule has 2 aliphatic heterocycles. The SMILES string of the molecule is COC(=O)N[C@H](C(=O)N1CC2(CC2)C[C@H]1c1ncc(-c2ccc(-c3ccc(-c4ccc(-c5cnc([C@@H]6CC7(CC7)CN6)[nH]5)cc4)c4cccc(C)c34)cc2)[nH]1)C(C)C. The maximum Gasteiger partial charge on any atom is 0.407 e. The molecule has 4 aromatic carbocycles. The maximum absolute atomic E-state index is 13.9. The maximum atomic E-state index is 13.9. The topological polar surface area (TPSA) is 128 Å². The summed E-state index contributed by atoms with van der Waals surface area (Å²) in [5.41, 5.74) is 10.7. The summed E-state index contributed by atoms with van der Waals surface area (Å²) >= 11 is 0. The van der Waals surface area contributed by atoms with Gasteiger partial charge in [0.2, 0.25) is 5.91 Å². The normalized spacial score (nSPS) is 20.6. The van der Waals surface area contributed by atoms with Gasteiger partial charge >= 0.3 is 6.09 Å². The number of fused-ring (bicyclic) bond motifs is 1. The third-order valence-electron chi connectivity index (χ3n) is 13.6. The van der Waals surface area contributed by atoms with Crippen molar-refractivity contribution in [1.29, 1.82) is 0 Å². The molecule has 2 saturated carbocycles. The average Bonchev–Trinajstić information content (AvgIpc) is 3.80. The van der Waals surface area contributed by atoms with Crippen molar-refractivity contribution < 1.29 is 14.3 Å². The lowest BCUT2D eigenvalue weighted by Crippen LogP contribution is -2.51. The number of aryl methyl sites for hydroxylation is 1. The molecule has 4 aliphatic rings. The van der Waals surface area contributed by atoms with Gasteiger partial charge in [-0.3, -0.25) is 4.79 Å². The van der Waals surface area contributed by atoms with E-state index in [4.69, 9.17) is 14.7 Å². The number of carbonyl (C=O) groups excluding carboxylic acids is 2. The molecule has 0 bridgehead atoms. The predicted octanol–water partition coefficient (Wildman–Crippen LogP) is 9.51. The van der Waals surface area contributed by atoms with Crippen molar-refractivity contribution in [2.45, 2.75) is 77.4 Å². The summed E-state index contributed by atoms with van der Waals surface area (Å²) < 4.78 is 4.84. The number of aromatic nitrogens is 4. The minimum absolute atomic E-state index is 0.0897. The number of ether oxygens (including phenoxy) is 1. The van der Waals surface area contributed by atoms with E-state index < -0.39 is 12.1 Å². The van der Waals surface area contributed by atoms with Gasteiger partial charge in [0.25, 0.3) is 0 Å². The van der Waals surface area contributed by atoms with Gasteiger partial charge in [0.1, 0.15) is 17.7 Å². The zero-order valence-electron chi connectivity index (χ0n) is 33.7. The van der Waals surface area contributed by atoms with Crippen LogP contribution >= 0.6 is 0 Å². The van der Waals surface area contributed by atoms with Gasteiger partial charge in [0.05, 0.1) is 43.0 Å². The quantitative estimate of drug-likeness (QED) is 0.116. The molecule has 2 saturated heterocycles. The van der Waals surface area contributed by atoms with Gasteiger partial charge in [-0.05, 0) is 112 Å². The molecule has 10 heteroatoms. The summed E-state index contributed by atoms with van der Waals surface area (Å²) in [5, 5.41) is 8.92. The second kappa shape index (κ2) is 14.0. The fraction of sp³-hybridized carbons (Fsp3) is 0.375. The molecule has 296 valence electrons. The van der Waals surface area contributed by atoms with Gasteiger partial charge in [0.15, 0.2) is 0 Å². The van der Waals surface area contributed by atoms with Crippen LogP contribution in [0.15, 0.2) is 91.3 Å². The first-order valence-corrected chi connectivity index (χ1v) is 20.8. The molecule has 2 aromatic heterocycles. The summed E-state index contributed by atoms with van der Waals surface area (Å²) in [5.74, 6) is 1.65. The summed E-state index contributed by atoms with van der Waals surface area (Å²) in [6, 6.07) is 28.0. The minimum Gasteiger partial charge on any atom is -0.453 e. The Morgan fingerprint density at radius 3 is 2.00 bits per heavy atom. The van der Waals surface area contributed by atoms with E-state index in [1.165, 1.54) is 59.4 Å². The standard InChI is InChI=1S/C48H51N7O3/c1-28(2)42(54-46(57)58-4)45(56)55-27-48(20-21-48)23-40(55)44-50-25-39(53-44)33-14-10-31(11-15-33)35-17-16-34(36-7-5-6-29(3)41(35)36)30-8-12-32(13-9-30)38-24-49-43(52-38)37-22-47(18-19-47)26-51-37/h5-17,24-25,28,37,40,42,51H,18-23,26-27H2,1-4H3,(H,49,52)(H,50,53)(H,54,57)/t37-,40-,42-/m0/s1. The number of H-pyrrole nitrogens is 2. The van der Waals surface area contributed by atoms with Gasteiger partial charge in [-0.25, -0.2) is 14.8 Å². The molecule has 2 amide bonds. The Kier molecular flexibility index (Phi) is 8.82. The number of alkyl carbamates (subject to hydrolysis) is 1. The fourth-order valence-corrected chi connectivity index (χ4v) is 9.67. The van der Waals surface area contributed by atoms with E-state index in [9.17, 15) is 9.59 Å². The Morgan fingerprint density at radius 2 is 1.38 bits per heavy atom. The van der Waals surface area contributed by atoms with Gasteiger partial charge in [0, 0.05) is 13.1 Å². The molecule has 58 heavy (non-hydrogen) atoms. The van der Waals surface area contributed by atoms with Crippen molar-refractivity contribution in [2.24, 2.45) is 16.7 Å². The largest absolute Gasteiger partial charge is 0.453 e. The van der Waals surface area contributed by atoms with E-state index >= 15 is 0 Å². The third-order valence-corrected chi connectivity index (χ3v) is 13.6. The van der Waals surface area contributed by atoms with Crippen molar-refractivity contribution in [3.05, 3.63) is 108 Å². The molecule has 0 unspecified atom stereocenters. The lowest BCUT2D eigenvalue weighted by molar-refractivity contribution is -0.135. The summed E-state index contributed by atoms with van der Waals surface area (Å²) in [4.78, 5) is 44.8. The number of likely N-dealkylation sites (tertiary alicyclic amines) is 1. The van der Waals surface area contributed by atoms with Crippen LogP contribution in [0.5, 0.6) is 0 Å². The molecule has 10 rings (SSSR count). The Balaban J connectivity index is 0.886. The van der Waals surface area contributed by atoms with Gasteiger partial charge in [-0.2, -0.15) is 0 Å². The highest BCUT2D eigenvalue weighted by Crippen LogP contribution is 2.58. The Labute approximate surface area is 339 Å². The number of hydrogen-bond acceptors (Lipinski definition) is 6. The van der Waals surface area contributed by atoms with E-state index in [-0.39, 0.29) is 23.3 Å². The van der Waals surface area contributed by atoms with Crippen LogP contribution in [0.25, 0.3) is 55.5 Å². The number of benzene rings is 4. The minimum atomic E-state index is -0.671. The molecule has 4 heterocycles. The first-order valence-electron chi connectivity index (χ1n) is 20.8. The lowest BCUT2D eigenvalue weighted by Gasteiger charge is -2.30. The summed E-state index contributed by atoms with van der Waals surface area (Å²) in [7, 11) is 1.32. The first kappa shape index (κ1) is 36.6. The molecule has 4 fully saturated rings. The molecular formula is C48H51N7O3. The van der Waals surface area contributed by atoms with Gasteiger partial charge in [-0.1, -0.05) is 92.7 Å². The van der Waals surface area contributed by atoms with Crippen molar-refractivity contribution in [1.82, 2.24) is 35.5 Å². The Hall–Kier alpha value is -5.74. The number of amides is 2. The molecule has 3 atom stereocenters. The van der Waals surface area contributed by atoms with Crippen LogP contribution in [0, 0.1) is 23.7 Å². The van der Waals surface area contributed by atoms with Crippen LogP contribution in [0.3, 0.4) is 0 Å². The van der Waals surface area contributed by atoms with Gasteiger partial charge < -0.3 is 30.2 Å². The van der Waals surface area contributed by atoms with Crippen LogP contribution in [0.4, 0.5) is 4.79 Å². The second-order valence-electron chi connectivity index (χ2n) is 17.9. The number of nitrogens with zero attached hydrogens (tertiary/aromatic N) is 3. The highest BCUT2D eigenvalue weighted by Gasteiger charge is 2.55. The molecule has 6 aromatic rings. The van der Waals surface area contributed by atoms with Crippen LogP contribution < -0.4 is 10.6 Å². The van der Waals surface area contributed by atoms with Crippen molar-refractivity contribution in [3.8, 4) is 44.8 Å². The van der Waals surface area contributed by atoms with Crippen molar-refractivity contribution >= 4 is 22.8 Å². The van der Waals surface area contributed by atoms with Crippen LogP contribution in [0.1, 0.15) is 81.7 Å². The van der Waals surface area contributed by atoms with E-state index in [1.807, 2.05) is 31.1 Å². The number of nitrogens with one attached hydrogen (secondary N) is 4. The zero-order chi connectivity index (χ0) is 39.8. The fourth-order valence-electron chi connectivity index (χ4n) is 9.67. The molecule has 2 aliphatic carbocycles. The first-order chi connectivity index (χ1) is 28.1. The van der Waals surface area contributed by atoms with Crippen LogP contribution in [0.2, 0.25) is 0 Å². The highest BCUT2D eigenvalue weighted by atomic mass is 16.5.